The second-order valence-corrected chi connectivity index (χ2v) is 4.65. The molecule has 0 aliphatic carbocycles. The largest absolute Gasteiger partial charge is 0.349 e. The van der Waals surface area contributed by atoms with Crippen molar-refractivity contribution in [2.24, 2.45) is 0 Å². The van der Waals surface area contributed by atoms with Crippen molar-refractivity contribution in [1.82, 2.24) is 0 Å². The van der Waals surface area contributed by atoms with Crippen molar-refractivity contribution in [1.29, 1.82) is 0 Å². The van der Waals surface area contributed by atoms with Gasteiger partial charge in [0.2, 0.25) is 0 Å². The van der Waals surface area contributed by atoms with Crippen molar-refractivity contribution in [2.45, 2.75) is 13.8 Å². The molecule has 0 aliphatic heterocycles. The molecule has 0 aliphatic rings. The summed E-state index contributed by atoms with van der Waals surface area (Å²) in [5, 5.41) is 0. The minimum absolute atomic E-state index is 0.608. The molecule has 76 valence electrons. The van der Waals surface area contributed by atoms with E-state index in [0.717, 1.165) is 16.9 Å². The van der Waals surface area contributed by atoms with E-state index in [2.05, 4.69) is 0 Å². The predicted octanol–water partition coefficient (Wildman–Crippen LogP) is 2.53. The van der Waals surface area contributed by atoms with Gasteiger partial charge in [-0.15, -0.1) is 0 Å². The van der Waals surface area contributed by atoms with Crippen LogP contribution in [0, 0.1) is 6.92 Å². The van der Waals surface area contributed by atoms with E-state index in [1.165, 1.54) is 0 Å². The predicted molar refractivity (Wildman–Crippen MR) is 56.9 cm³/mol. The monoisotopic (exact) mass is 212 g/mol. The summed E-state index contributed by atoms with van der Waals surface area (Å²) in [4.78, 5) is 17.5. The van der Waals surface area contributed by atoms with Gasteiger partial charge >= 0.3 is 7.60 Å². The van der Waals surface area contributed by atoms with E-state index in [1.807, 2.05) is 31.2 Å². The zero-order chi connectivity index (χ0) is 10.8. The van der Waals surface area contributed by atoms with Crippen molar-refractivity contribution >= 4 is 13.2 Å². The van der Waals surface area contributed by atoms with Gasteiger partial charge in [-0.05, 0) is 30.5 Å². The third kappa shape index (κ3) is 3.11. The minimum Gasteiger partial charge on any atom is -0.321 e. The first kappa shape index (κ1) is 11.2. The second kappa shape index (κ2) is 4.09. The molecule has 0 saturated heterocycles. The van der Waals surface area contributed by atoms with Gasteiger partial charge in [0.25, 0.3) is 0 Å². The highest BCUT2D eigenvalue weighted by molar-refractivity contribution is 7.55. The fourth-order valence-corrected chi connectivity index (χ4v) is 1.98. The Hall–Kier alpha value is -0.890. The molecule has 2 N–H and O–H groups in total. The zero-order valence-corrected chi connectivity index (χ0v) is 9.03. The molecule has 0 amide bonds. The molecule has 3 nitrogen and oxygen atoms in total. The first-order valence-corrected chi connectivity index (χ1v) is 5.89. The van der Waals surface area contributed by atoms with Crippen LogP contribution in [0.2, 0.25) is 0 Å². The van der Waals surface area contributed by atoms with E-state index in [-0.39, 0.29) is 0 Å². The van der Waals surface area contributed by atoms with Gasteiger partial charge in [-0.2, -0.15) is 0 Å². The molecular weight excluding hydrogens is 199 g/mol. The third-order valence-corrected chi connectivity index (χ3v) is 2.66. The number of hydrogen-bond acceptors (Lipinski definition) is 1. The lowest BCUT2D eigenvalue weighted by atomic mass is 10.0. The van der Waals surface area contributed by atoms with Gasteiger partial charge in [0, 0.05) is 5.82 Å². The molecule has 14 heavy (non-hydrogen) atoms. The van der Waals surface area contributed by atoms with Crippen LogP contribution >= 0.6 is 7.60 Å². The van der Waals surface area contributed by atoms with Crippen molar-refractivity contribution in [3.63, 3.8) is 0 Å². The molecular formula is C10H13O3P. The number of aryl methyl sites for hydroxylation is 1. The molecule has 4 heteroatoms. The fourth-order valence-electron chi connectivity index (χ4n) is 1.34. The number of rotatable bonds is 2. The highest BCUT2D eigenvalue weighted by Gasteiger charge is 2.10. The molecule has 0 saturated carbocycles. The SMILES string of the molecule is CC(=CP(=O)(O)O)c1ccccc1C. The Morgan fingerprint density at radius 2 is 1.93 bits per heavy atom. The number of hydrogen-bond donors (Lipinski definition) is 2. The lowest BCUT2D eigenvalue weighted by molar-refractivity contribution is 0.386. The van der Waals surface area contributed by atoms with E-state index in [9.17, 15) is 4.57 Å². The van der Waals surface area contributed by atoms with Crippen LogP contribution in [0.3, 0.4) is 0 Å². The zero-order valence-electron chi connectivity index (χ0n) is 8.14. The molecule has 0 bridgehead atoms. The topological polar surface area (TPSA) is 57.5 Å². The highest BCUT2D eigenvalue weighted by Crippen LogP contribution is 2.39. The van der Waals surface area contributed by atoms with Crippen LogP contribution in [0.4, 0.5) is 0 Å². The number of benzene rings is 1. The van der Waals surface area contributed by atoms with E-state index in [0.29, 0.717) is 5.57 Å². The van der Waals surface area contributed by atoms with Crippen LogP contribution in [0.25, 0.3) is 5.57 Å². The second-order valence-electron chi connectivity index (χ2n) is 3.22. The Balaban J connectivity index is 3.13. The maximum atomic E-state index is 10.7. The van der Waals surface area contributed by atoms with Gasteiger partial charge in [-0.3, -0.25) is 4.57 Å². The summed E-state index contributed by atoms with van der Waals surface area (Å²) >= 11 is 0. The Morgan fingerprint density at radius 1 is 1.36 bits per heavy atom. The van der Waals surface area contributed by atoms with Gasteiger partial charge in [0.15, 0.2) is 0 Å². The average molecular weight is 212 g/mol. The first-order valence-electron chi connectivity index (χ1n) is 4.21. The summed E-state index contributed by atoms with van der Waals surface area (Å²) in [5.74, 6) is 0.995. The van der Waals surface area contributed by atoms with E-state index in [1.54, 1.807) is 6.92 Å². The average Bonchev–Trinajstić information content (AvgIpc) is 2.01. The van der Waals surface area contributed by atoms with E-state index in [4.69, 9.17) is 9.79 Å². The standard InChI is InChI=1S/C10H13O3P/c1-8-5-3-4-6-10(8)9(2)7-14(11,12)13/h3-7H,1-2H3,(H2,11,12,13). The normalized spacial score (nSPS) is 13.0. The van der Waals surface area contributed by atoms with Crippen LogP contribution < -0.4 is 0 Å². The van der Waals surface area contributed by atoms with Crippen LogP contribution in [0.5, 0.6) is 0 Å². The summed E-state index contributed by atoms with van der Waals surface area (Å²) in [6, 6.07) is 7.49. The maximum Gasteiger partial charge on any atom is 0.349 e. The van der Waals surface area contributed by atoms with Gasteiger partial charge in [0.05, 0.1) is 0 Å². The Labute approximate surface area is 83.3 Å². The molecule has 1 aromatic rings. The summed E-state index contributed by atoms with van der Waals surface area (Å²) in [7, 11) is -4.07. The highest BCUT2D eigenvalue weighted by atomic mass is 31.2. The number of allylic oxidation sites excluding steroid dienone is 1. The summed E-state index contributed by atoms with van der Waals surface area (Å²) in [6.07, 6.45) is 0. The molecule has 0 spiro atoms. The smallest absolute Gasteiger partial charge is 0.321 e. The van der Waals surface area contributed by atoms with Crippen LogP contribution in [0.1, 0.15) is 18.1 Å². The Kier molecular flexibility index (Phi) is 3.27. The minimum atomic E-state index is -4.07. The lowest BCUT2D eigenvalue weighted by Crippen LogP contribution is -1.85. The Morgan fingerprint density at radius 3 is 2.43 bits per heavy atom. The molecule has 1 rings (SSSR count). The van der Waals surface area contributed by atoms with Gasteiger partial charge in [0.1, 0.15) is 0 Å². The summed E-state index contributed by atoms with van der Waals surface area (Å²) in [6.45, 7) is 3.60. The Bertz CT molecular complexity index is 404. The van der Waals surface area contributed by atoms with Crippen LogP contribution in [0.15, 0.2) is 30.1 Å². The van der Waals surface area contributed by atoms with Crippen LogP contribution in [-0.4, -0.2) is 9.79 Å². The van der Waals surface area contributed by atoms with Gasteiger partial charge < -0.3 is 9.79 Å². The molecule has 0 radical (unpaired) electrons. The van der Waals surface area contributed by atoms with E-state index >= 15 is 0 Å². The maximum absolute atomic E-state index is 10.7. The van der Waals surface area contributed by atoms with Crippen molar-refractivity contribution in [2.75, 3.05) is 0 Å². The molecule has 0 unspecified atom stereocenters. The molecule has 0 atom stereocenters. The van der Waals surface area contributed by atoms with Crippen molar-refractivity contribution in [3.8, 4) is 0 Å². The fraction of sp³-hybridized carbons (Fsp3) is 0.200. The summed E-state index contributed by atoms with van der Waals surface area (Å²) in [5.41, 5.74) is 2.49. The molecule has 1 aromatic carbocycles. The lowest BCUT2D eigenvalue weighted by Gasteiger charge is -2.06. The molecule has 0 heterocycles. The van der Waals surface area contributed by atoms with Gasteiger partial charge in [-0.25, -0.2) is 0 Å². The first-order chi connectivity index (χ1) is 6.40. The van der Waals surface area contributed by atoms with Crippen LogP contribution in [-0.2, 0) is 4.57 Å². The van der Waals surface area contributed by atoms with Crippen molar-refractivity contribution < 1.29 is 14.4 Å². The third-order valence-electron chi connectivity index (χ3n) is 1.93. The van der Waals surface area contributed by atoms with Crippen molar-refractivity contribution in [3.05, 3.63) is 41.2 Å². The summed E-state index contributed by atoms with van der Waals surface area (Å²) < 4.78 is 10.7. The molecule has 0 fully saturated rings. The molecule has 0 aromatic heterocycles. The quantitative estimate of drug-likeness (QED) is 0.740. The van der Waals surface area contributed by atoms with E-state index < -0.39 is 7.60 Å². The van der Waals surface area contributed by atoms with Gasteiger partial charge in [-0.1, -0.05) is 24.3 Å².